The van der Waals surface area contributed by atoms with Gasteiger partial charge in [-0.05, 0) is 48.3 Å². The van der Waals surface area contributed by atoms with E-state index in [4.69, 9.17) is 0 Å². The molecule has 2 amide bonds. The number of benzene rings is 1. The quantitative estimate of drug-likeness (QED) is 0.855. The van der Waals surface area contributed by atoms with Crippen molar-refractivity contribution in [3.8, 4) is 0 Å². The molecule has 23 heavy (non-hydrogen) atoms. The van der Waals surface area contributed by atoms with Crippen molar-refractivity contribution in [1.82, 2.24) is 13.6 Å². The van der Waals surface area contributed by atoms with Crippen LogP contribution in [0.15, 0.2) is 18.2 Å². The second kappa shape index (κ2) is 4.90. The molecule has 1 aromatic heterocycles. The summed E-state index contributed by atoms with van der Waals surface area (Å²) in [6, 6.07) is 6.06. The minimum Gasteiger partial charge on any atom is -0.321 e. The number of amides is 2. The Balaban J connectivity index is 1.53. The number of hydrogen-bond acceptors (Lipinski definition) is 4. The Kier molecular flexibility index (Phi) is 3.17. The number of likely N-dealkylation sites (tertiary alicyclic amines) is 1. The number of carbonyl (C=O) groups excluding carboxylic acids is 1. The Morgan fingerprint density at radius 1 is 1.26 bits per heavy atom. The van der Waals surface area contributed by atoms with Crippen LogP contribution in [-0.2, 0) is 0 Å². The largest absolute Gasteiger partial charge is 0.322 e. The lowest BCUT2D eigenvalue weighted by Crippen LogP contribution is -2.40. The Labute approximate surface area is 140 Å². The third-order valence-corrected chi connectivity index (χ3v) is 5.74. The second-order valence-electron chi connectivity index (χ2n) is 8.24. The molecule has 5 nitrogen and oxygen atoms in total. The van der Waals surface area contributed by atoms with Gasteiger partial charge < -0.3 is 10.2 Å². The zero-order valence-electron chi connectivity index (χ0n) is 13.8. The second-order valence-corrected chi connectivity index (χ2v) is 8.77. The summed E-state index contributed by atoms with van der Waals surface area (Å²) >= 11 is 1.19. The minimum absolute atomic E-state index is 0.0129. The highest BCUT2D eigenvalue weighted by Gasteiger charge is 2.50. The third-order valence-electron chi connectivity index (χ3n) is 5.18. The first kappa shape index (κ1) is 14.9. The molecule has 2 atom stereocenters. The van der Waals surface area contributed by atoms with Gasteiger partial charge in [-0.3, -0.25) is 0 Å². The normalized spacial score (nSPS) is 29.0. The highest BCUT2D eigenvalue weighted by atomic mass is 32.1. The van der Waals surface area contributed by atoms with E-state index in [9.17, 15) is 4.79 Å². The number of nitrogens with one attached hydrogen (secondary N) is 1. The lowest BCUT2D eigenvalue weighted by atomic mass is 9.65. The molecule has 6 heteroatoms. The lowest BCUT2D eigenvalue weighted by Gasteiger charge is -2.39. The van der Waals surface area contributed by atoms with Crippen LogP contribution in [0.5, 0.6) is 0 Å². The summed E-state index contributed by atoms with van der Waals surface area (Å²) < 4.78 is 8.43. The fraction of sp³-hybridized carbons (Fsp3) is 0.588. The summed E-state index contributed by atoms with van der Waals surface area (Å²) in [7, 11) is 0. The van der Waals surface area contributed by atoms with E-state index in [1.807, 2.05) is 23.1 Å². The van der Waals surface area contributed by atoms with Gasteiger partial charge in [-0.15, -0.1) is 0 Å². The predicted octanol–water partition coefficient (Wildman–Crippen LogP) is 4.12. The van der Waals surface area contributed by atoms with Crippen molar-refractivity contribution in [2.75, 3.05) is 11.9 Å². The Morgan fingerprint density at radius 3 is 2.87 bits per heavy atom. The number of hydrogen-bond donors (Lipinski definition) is 1. The van der Waals surface area contributed by atoms with Gasteiger partial charge in [0, 0.05) is 18.3 Å². The summed E-state index contributed by atoms with van der Waals surface area (Å²) in [5, 5.41) is 3.05. The molecule has 122 valence electrons. The van der Waals surface area contributed by atoms with Crippen LogP contribution >= 0.6 is 11.7 Å². The molecule has 1 aromatic carbocycles. The number of fused-ring (bicyclic) bond motifs is 3. The number of rotatable bonds is 1. The lowest BCUT2D eigenvalue weighted by molar-refractivity contribution is 0.130. The van der Waals surface area contributed by atoms with Gasteiger partial charge in [0.15, 0.2) is 0 Å². The summed E-state index contributed by atoms with van der Waals surface area (Å²) in [6.45, 7) is 7.82. The zero-order chi connectivity index (χ0) is 16.2. The summed E-state index contributed by atoms with van der Waals surface area (Å²) in [5.74, 6) is 0. The van der Waals surface area contributed by atoms with Gasteiger partial charge in [-0.2, -0.15) is 8.75 Å². The highest BCUT2D eigenvalue weighted by Crippen LogP contribution is 2.52. The van der Waals surface area contributed by atoms with Crippen LogP contribution in [0, 0.1) is 10.8 Å². The number of carbonyl (C=O) groups is 1. The first-order valence-electron chi connectivity index (χ1n) is 8.14. The number of urea groups is 1. The molecule has 0 unspecified atom stereocenters. The fourth-order valence-corrected chi connectivity index (χ4v) is 5.27. The molecule has 4 rings (SSSR count). The fourth-order valence-electron chi connectivity index (χ4n) is 4.75. The monoisotopic (exact) mass is 330 g/mol. The molecule has 2 bridgehead atoms. The van der Waals surface area contributed by atoms with Gasteiger partial charge in [0.2, 0.25) is 0 Å². The maximum absolute atomic E-state index is 12.8. The van der Waals surface area contributed by atoms with Gasteiger partial charge in [0.1, 0.15) is 11.0 Å². The van der Waals surface area contributed by atoms with Gasteiger partial charge in [0.05, 0.1) is 11.7 Å². The molecule has 1 N–H and O–H groups in total. The first-order valence-corrected chi connectivity index (χ1v) is 8.87. The Morgan fingerprint density at radius 2 is 2.04 bits per heavy atom. The standard InChI is InChI=1S/C17H22N4OS/c1-16(2)7-12-8-17(3,9-16)10-21(12)15(22)18-11-4-5-13-14(6-11)20-23-19-13/h4-6,12H,7-10H2,1-3H3,(H,18,22)/t12-,17-/m0/s1. The molecule has 1 saturated heterocycles. The van der Waals surface area contributed by atoms with Crippen LogP contribution < -0.4 is 5.32 Å². The summed E-state index contributed by atoms with van der Waals surface area (Å²) in [6.07, 6.45) is 3.40. The molecular formula is C17H22N4OS. The van der Waals surface area contributed by atoms with Crippen molar-refractivity contribution >= 4 is 34.5 Å². The first-order chi connectivity index (χ1) is 10.8. The SMILES string of the molecule is CC1(C)C[C@H]2C[C@](C)(CN2C(=O)Nc2ccc3nsnc3c2)C1. The van der Waals surface area contributed by atoms with E-state index in [0.717, 1.165) is 36.1 Å². The van der Waals surface area contributed by atoms with Crippen molar-refractivity contribution < 1.29 is 4.79 Å². The zero-order valence-corrected chi connectivity index (χ0v) is 14.6. The molecule has 2 aliphatic rings. The van der Waals surface area contributed by atoms with E-state index < -0.39 is 0 Å². The van der Waals surface area contributed by atoms with Crippen molar-refractivity contribution in [2.24, 2.45) is 10.8 Å². The average Bonchev–Trinajstić information content (AvgIpc) is 2.99. The van der Waals surface area contributed by atoms with Crippen LogP contribution in [0.1, 0.15) is 40.0 Å². The van der Waals surface area contributed by atoms with Gasteiger partial charge in [-0.1, -0.05) is 20.8 Å². The van der Waals surface area contributed by atoms with Crippen molar-refractivity contribution in [3.63, 3.8) is 0 Å². The maximum Gasteiger partial charge on any atom is 0.322 e. The van der Waals surface area contributed by atoms with Crippen molar-refractivity contribution in [1.29, 1.82) is 0 Å². The topological polar surface area (TPSA) is 58.1 Å². The molecule has 2 fully saturated rings. The van der Waals surface area contributed by atoms with Crippen molar-refractivity contribution in [2.45, 2.75) is 46.1 Å². The molecule has 0 radical (unpaired) electrons. The van der Waals surface area contributed by atoms with E-state index in [1.54, 1.807) is 0 Å². The Bertz CT molecular complexity index is 771. The molecule has 1 aliphatic carbocycles. The molecule has 1 saturated carbocycles. The van der Waals surface area contributed by atoms with E-state index in [0.29, 0.717) is 11.5 Å². The molecule has 2 aromatic rings. The van der Waals surface area contributed by atoms with Crippen molar-refractivity contribution in [3.05, 3.63) is 18.2 Å². The number of anilines is 1. The van der Waals surface area contributed by atoms with Crippen LogP contribution in [0.2, 0.25) is 0 Å². The minimum atomic E-state index is 0.0129. The third kappa shape index (κ3) is 2.69. The predicted molar refractivity (Wildman–Crippen MR) is 92.7 cm³/mol. The van der Waals surface area contributed by atoms with E-state index in [2.05, 4.69) is 34.8 Å². The highest BCUT2D eigenvalue weighted by molar-refractivity contribution is 7.00. The maximum atomic E-state index is 12.8. The van der Waals surface area contributed by atoms with Gasteiger partial charge in [0.25, 0.3) is 0 Å². The number of aromatic nitrogens is 2. The Hall–Kier alpha value is -1.69. The van der Waals surface area contributed by atoms with E-state index >= 15 is 0 Å². The van der Waals surface area contributed by atoms with E-state index in [1.165, 1.54) is 18.1 Å². The van der Waals surface area contributed by atoms with Gasteiger partial charge in [-0.25, -0.2) is 4.79 Å². The molecule has 1 aliphatic heterocycles. The smallest absolute Gasteiger partial charge is 0.321 e. The molecular weight excluding hydrogens is 308 g/mol. The van der Waals surface area contributed by atoms with Crippen LogP contribution in [-0.4, -0.2) is 32.3 Å². The summed E-state index contributed by atoms with van der Waals surface area (Å²) in [5.41, 5.74) is 3.08. The molecule has 2 heterocycles. The van der Waals surface area contributed by atoms with Gasteiger partial charge >= 0.3 is 6.03 Å². The average molecular weight is 330 g/mol. The summed E-state index contributed by atoms with van der Waals surface area (Å²) in [4.78, 5) is 14.8. The number of nitrogens with zero attached hydrogens (tertiary/aromatic N) is 3. The van der Waals surface area contributed by atoms with Crippen LogP contribution in [0.25, 0.3) is 11.0 Å². The van der Waals surface area contributed by atoms with E-state index in [-0.39, 0.29) is 11.4 Å². The molecule has 0 spiro atoms. The van der Waals surface area contributed by atoms with Crippen LogP contribution in [0.3, 0.4) is 0 Å². The van der Waals surface area contributed by atoms with Crippen LogP contribution in [0.4, 0.5) is 10.5 Å².